The van der Waals surface area contributed by atoms with Gasteiger partial charge in [0.1, 0.15) is 4.90 Å². The van der Waals surface area contributed by atoms with Crippen LogP contribution in [0.2, 0.25) is 0 Å². The number of sulfonamides is 1. The van der Waals surface area contributed by atoms with E-state index in [0.29, 0.717) is 5.56 Å². The smallest absolute Gasteiger partial charge is 0.242 e. The summed E-state index contributed by atoms with van der Waals surface area (Å²) in [6, 6.07) is 1.57. The van der Waals surface area contributed by atoms with Crippen molar-refractivity contribution in [3.05, 3.63) is 24.0 Å². The molecule has 0 saturated heterocycles. The van der Waals surface area contributed by atoms with Crippen LogP contribution in [0.1, 0.15) is 31.2 Å². The summed E-state index contributed by atoms with van der Waals surface area (Å²) in [5.74, 6) is 5.46. The Morgan fingerprint density at radius 2 is 2.11 bits per heavy atom. The van der Waals surface area contributed by atoms with E-state index in [0.717, 1.165) is 25.7 Å². The molecule has 3 N–H and O–H groups in total. The molecule has 2 rings (SSSR count). The van der Waals surface area contributed by atoms with E-state index in [9.17, 15) is 8.42 Å². The minimum Gasteiger partial charge on any atom is -0.320 e. The van der Waals surface area contributed by atoms with Crippen molar-refractivity contribution in [1.82, 2.24) is 9.71 Å². The first-order valence-corrected chi connectivity index (χ1v) is 7.76. The summed E-state index contributed by atoms with van der Waals surface area (Å²) < 4.78 is 27.1. The lowest BCUT2D eigenvalue weighted by Crippen LogP contribution is -2.32. The average molecular weight is 279 g/mol. The van der Waals surface area contributed by atoms with E-state index < -0.39 is 10.0 Å². The number of hydrogen-bond donors (Lipinski definition) is 2. The zero-order chi connectivity index (χ0) is 13.7. The molecule has 0 radical (unpaired) electrons. The Hall–Kier alpha value is -1.42. The maximum Gasteiger partial charge on any atom is 0.242 e. The summed E-state index contributed by atoms with van der Waals surface area (Å²) in [5, 5.41) is 0. The molecule has 0 unspecified atom stereocenters. The predicted octanol–water partition coefficient (Wildman–Crippen LogP) is 0.613. The van der Waals surface area contributed by atoms with Gasteiger partial charge in [-0.1, -0.05) is 24.7 Å². The van der Waals surface area contributed by atoms with Crippen LogP contribution < -0.4 is 10.5 Å². The summed E-state index contributed by atoms with van der Waals surface area (Å²) in [7, 11) is -3.50. The molecule has 6 heteroatoms. The van der Waals surface area contributed by atoms with Crippen molar-refractivity contribution in [3.8, 4) is 11.8 Å². The van der Waals surface area contributed by atoms with Gasteiger partial charge in [0.25, 0.3) is 0 Å². The van der Waals surface area contributed by atoms with Crippen LogP contribution >= 0.6 is 0 Å². The topological polar surface area (TPSA) is 85.1 Å². The molecule has 19 heavy (non-hydrogen) atoms. The van der Waals surface area contributed by atoms with Crippen molar-refractivity contribution in [2.24, 2.45) is 5.73 Å². The Kier molecular flexibility index (Phi) is 4.53. The molecule has 0 bridgehead atoms. The largest absolute Gasteiger partial charge is 0.320 e. The molecule has 102 valence electrons. The van der Waals surface area contributed by atoms with Crippen LogP contribution in [0.25, 0.3) is 0 Å². The average Bonchev–Trinajstić information content (AvgIpc) is 2.89. The van der Waals surface area contributed by atoms with Crippen LogP contribution in [0.15, 0.2) is 23.4 Å². The highest BCUT2D eigenvalue weighted by atomic mass is 32.2. The molecule has 5 nitrogen and oxygen atoms in total. The third-order valence-corrected chi connectivity index (χ3v) is 4.52. The van der Waals surface area contributed by atoms with Gasteiger partial charge >= 0.3 is 0 Å². The van der Waals surface area contributed by atoms with Crippen molar-refractivity contribution in [2.45, 2.75) is 36.6 Å². The van der Waals surface area contributed by atoms with Gasteiger partial charge in [-0.2, -0.15) is 0 Å². The molecule has 0 amide bonds. The van der Waals surface area contributed by atoms with Crippen LogP contribution in [0.5, 0.6) is 0 Å². The molecular weight excluding hydrogens is 262 g/mol. The second-order valence-corrected chi connectivity index (χ2v) is 6.23. The summed E-state index contributed by atoms with van der Waals surface area (Å²) in [6.07, 6.45) is 6.82. The fraction of sp³-hybridized carbons (Fsp3) is 0.462. The quantitative estimate of drug-likeness (QED) is 0.794. The fourth-order valence-corrected chi connectivity index (χ4v) is 3.41. The standard InChI is InChI=1S/C13H17N3O2S/c14-7-3-4-11-8-13(10-15-9-11)19(17,18)16-12-5-1-2-6-12/h8-10,12,16H,1-2,5-7,14H2. The highest BCUT2D eigenvalue weighted by Crippen LogP contribution is 2.20. The van der Waals surface area contributed by atoms with Gasteiger partial charge in [-0.15, -0.1) is 0 Å². The predicted molar refractivity (Wildman–Crippen MR) is 72.7 cm³/mol. The molecular formula is C13H17N3O2S. The van der Waals surface area contributed by atoms with E-state index in [4.69, 9.17) is 5.73 Å². The van der Waals surface area contributed by atoms with Crippen molar-refractivity contribution in [1.29, 1.82) is 0 Å². The maximum absolute atomic E-state index is 12.2. The number of nitrogens with two attached hydrogens (primary N) is 1. The minimum atomic E-state index is -3.50. The van der Waals surface area contributed by atoms with Gasteiger partial charge in [0, 0.05) is 24.0 Å². The van der Waals surface area contributed by atoms with E-state index in [-0.39, 0.29) is 17.5 Å². The summed E-state index contributed by atoms with van der Waals surface area (Å²) in [6.45, 7) is 0.233. The van der Waals surface area contributed by atoms with Gasteiger partial charge in [-0.25, -0.2) is 13.1 Å². The lowest BCUT2D eigenvalue weighted by molar-refractivity contribution is 0.552. The van der Waals surface area contributed by atoms with E-state index in [1.165, 1.54) is 18.5 Å². The van der Waals surface area contributed by atoms with Crippen LogP contribution in [-0.2, 0) is 10.0 Å². The molecule has 0 aliphatic heterocycles. The maximum atomic E-state index is 12.2. The molecule has 1 aromatic heterocycles. The number of hydrogen-bond acceptors (Lipinski definition) is 4. The van der Waals surface area contributed by atoms with Gasteiger partial charge in [0.15, 0.2) is 0 Å². The van der Waals surface area contributed by atoms with Gasteiger partial charge in [0.05, 0.1) is 6.54 Å². The Morgan fingerprint density at radius 1 is 1.37 bits per heavy atom. The van der Waals surface area contributed by atoms with Crippen LogP contribution in [0.4, 0.5) is 0 Å². The second kappa shape index (κ2) is 6.15. The van der Waals surface area contributed by atoms with Crippen LogP contribution in [-0.4, -0.2) is 26.0 Å². The van der Waals surface area contributed by atoms with Crippen LogP contribution in [0.3, 0.4) is 0 Å². The first-order valence-electron chi connectivity index (χ1n) is 6.28. The fourth-order valence-electron chi connectivity index (χ4n) is 2.12. The highest BCUT2D eigenvalue weighted by Gasteiger charge is 2.23. The molecule has 0 spiro atoms. The molecule has 1 aromatic rings. The monoisotopic (exact) mass is 279 g/mol. The third-order valence-electron chi connectivity index (χ3n) is 3.04. The Bertz CT molecular complexity index is 596. The number of rotatable bonds is 3. The summed E-state index contributed by atoms with van der Waals surface area (Å²) in [5.41, 5.74) is 5.84. The number of aromatic nitrogens is 1. The molecule has 0 atom stereocenters. The van der Waals surface area contributed by atoms with Crippen molar-refractivity contribution in [2.75, 3.05) is 6.54 Å². The van der Waals surface area contributed by atoms with E-state index in [1.54, 1.807) is 0 Å². The van der Waals surface area contributed by atoms with Gasteiger partial charge in [-0.3, -0.25) is 4.98 Å². The SMILES string of the molecule is NCC#Cc1cncc(S(=O)(=O)NC2CCCC2)c1. The third kappa shape index (κ3) is 3.77. The number of nitrogens with one attached hydrogen (secondary N) is 1. The number of pyridine rings is 1. The highest BCUT2D eigenvalue weighted by molar-refractivity contribution is 7.89. The molecule has 1 aliphatic carbocycles. The zero-order valence-corrected chi connectivity index (χ0v) is 11.4. The molecule has 1 heterocycles. The van der Waals surface area contributed by atoms with Crippen molar-refractivity contribution < 1.29 is 8.42 Å². The minimum absolute atomic E-state index is 0.0452. The van der Waals surface area contributed by atoms with Crippen molar-refractivity contribution >= 4 is 10.0 Å². The van der Waals surface area contributed by atoms with E-state index in [1.807, 2.05) is 0 Å². The Balaban J connectivity index is 2.19. The number of nitrogens with zero attached hydrogens (tertiary/aromatic N) is 1. The molecule has 0 aromatic carbocycles. The lowest BCUT2D eigenvalue weighted by Gasteiger charge is -2.12. The first-order chi connectivity index (χ1) is 9.12. The van der Waals surface area contributed by atoms with Crippen LogP contribution in [0, 0.1) is 11.8 Å². The Labute approximate surface area is 113 Å². The second-order valence-electron chi connectivity index (χ2n) is 4.52. The summed E-state index contributed by atoms with van der Waals surface area (Å²) >= 11 is 0. The van der Waals surface area contributed by atoms with E-state index in [2.05, 4.69) is 21.5 Å². The molecule has 1 fully saturated rings. The Morgan fingerprint density at radius 3 is 2.79 bits per heavy atom. The zero-order valence-electron chi connectivity index (χ0n) is 10.6. The van der Waals surface area contributed by atoms with Gasteiger partial charge < -0.3 is 5.73 Å². The molecule has 1 saturated carbocycles. The van der Waals surface area contributed by atoms with Crippen molar-refractivity contribution in [3.63, 3.8) is 0 Å². The van der Waals surface area contributed by atoms with Gasteiger partial charge in [0.2, 0.25) is 10.0 Å². The van der Waals surface area contributed by atoms with E-state index >= 15 is 0 Å². The normalized spacial score (nSPS) is 16.1. The van der Waals surface area contributed by atoms with Gasteiger partial charge in [-0.05, 0) is 18.9 Å². The lowest BCUT2D eigenvalue weighted by atomic mass is 10.3. The first kappa shape index (κ1) is 14.0. The summed E-state index contributed by atoms with van der Waals surface area (Å²) in [4.78, 5) is 4.07. The molecule has 1 aliphatic rings.